The van der Waals surface area contributed by atoms with Crippen LogP contribution in [-0.2, 0) is 17.1 Å². The van der Waals surface area contributed by atoms with Gasteiger partial charge in [0.25, 0.3) is 0 Å². The Morgan fingerprint density at radius 2 is 2.00 bits per heavy atom. The third kappa shape index (κ3) is 2.06. The minimum Gasteiger partial charge on any atom is -0.316 e. The molecule has 3 heterocycles. The zero-order chi connectivity index (χ0) is 12.8. The van der Waals surface area contributed by atoms with Crippen molar-refractivity contribution in [3.8, 4) is 0 Å². The summed E-state index contributed by atoms with van der Waals surface area (Å²) in [6, 6.07) is 0. The lowest BCUT2D eigenvalue weighted by Gasteiger charge is -2.40. The Bertz CT molecular complexity index is 527. The maximum absolute atomic E-state index is 12.5. The third-order valence-corrected chi connectivity index (χ3v) is 5.56. The molecule has 7 heteroatoms. The highest BCUT2D eigenvalue weighted by Gasteiger charge is 2.37. The van der Waals surface area contributed by atoms with Gasteiger partial charge >= 0.3 is 0 Å². The molecule has 3 rings (SSSR count). The molecule has 0 aromatic carbocycles. The van der Waals surface area contributed by atoms with Crippen LogP contribution in [0.3, 0.4) is 0 Å². The van der Waals surface area contributed by atoms with Gasteiger partial charge in [-0.2, -0.15) is 9.40 Å². The molecule has 2 fully saturated rings. The summed E-state index contributed by atoms with van der Waals surface area (Å²) in [6.45, 7) is 3.10. The average Bonchev–Trinajstić information content (AvgIpc) is 2.76. The summed E-state index contributed by atoms with van der Waals surface area (Å²) in [7, 11) is -1.63. The van der Waals surface area contributed by atoms with Crippen LogP contribution in [-0.4, -0.2) is 48.7 Å². The van der Waals surface area contributed by atoms with E-state index >= 15 is 0 Å². The Labute approximate surface area is 107 Å². The van der Waals surface area contributed by atoms with Gasteiger partial charge in [0.1, 0.15) is 4.90 Å². The normalized spacial score (nSPS) is 29.4. The largest absolute Gasteiger partial charge is 0.316 e. The van der Waals surface area contributed by atoms with E-state index in [1.54, 1.807) is 17.5 Å². The fraction of sp³-hybridized carbons (Fsp3) is 0.727. The Balaban J connectivity index is 1.86. The highest BCUT2D eigenvalue weighted by molar-refractivity contribution is 7.89. The van der Waals surface area contributed by atoms with Crippen molar-refractivity contribution in [1.82, 2.24) is 19.4 Å². The molecule has 2 bridgehead atoms. The lowest BCUT2D eigenvalue weighted by atomic mass is 9.87. The van der Waals surface area contributed by atoms with E-state index in [0.29, 0.717) is 29.8 Å². The summed E-state index contributed by atoms with van der Waals surface area (Å²) in [4.78, 5) is 0.304. The number of nitrogens with zero attached hydrogens (tertiary/aromatic N) is 3. The minimum atomic E-state index is -3.36. The predicted octanol–water partition coefficient (Wildman–Crippen LogP) is -0.350. The summed E-state index contributed by atoms with van der Waals surface area (Å²) in [6.07, 6.45) is 4.14. The van der Waals surface area contributed by atoms with E-state index in [4.69, 9.17) is 0 Å². The SMILES string of the molecule is Cn1cc(S(=O)(=O)N2C[C@H]3CNC[C@@H](C3)C2)cn1. The van der Waals surface area contributed by atoms with Gasteiger partial charge in [0.15, 0.2) is 0 Å². The van der Waals surface area contributed by atoms with Crippen molar-refractivity contribution >= 4 is 10.0 Å². The molecule has 0 saturated carbocycles. The van der Waals surface area contributed by atoms with Crippen LogP contribution >= 0.6 is 0 Å². The topological polar surface area (TPSA) is 67.2 Å². The van der Waals surface area contributed by atoms with E-state index in [0.717, 1.165) is 19.5 Å². The lowest BCUT2D eigenvalue weighted by molar-refractivity contribution is 0.158. The van der Waals surface area contributed by atoms with Gasteiger partial charge in [0.2, 0.25) is 10.0 Å². The van der Waals surface area contributed by atoms with E-state index in [-0.39, 0.29) is 0 Å². The molecule has 2 aliphatic rings. The molecule has 18 heavy (non-hydrogen) atoms. The first-order valence-corrected chi connectivity index (χ1v) is 7.69. The number of aryl methyl sites for hydroxylation is 1. The van der Waals surface area contributed by atoms with Crippen LogP contribution in [0.25, 0.3) is 0 Å². The molecule has 100 valence electrons. The summed E-state index contributed by atoms with van der Waals surface area (Å²) < 4.78 is 28.1. The van der Waals surface area contributed by atoms with E-state index in [1.165, 1.54) is 10.9 Å². The second kappa shape index (κ2) is 4.32. The molecule has 2 aliphatic heterocycles. The summed E-state index contributed by atoms with van der Waals surface area (Å²) in [5.74, 6) is 0.896. The smallest absolute Gasteiger partial charge is 0.246 e. The Kier molecular flexibility index (Phi) is 2.91. The van der Waals surface area contributed by atoms with Crippen molar-refractivity contribution in [1.29, 1.82) is 0 Å². The first-order valence-electron chi connectivity index (χ1n) is 6.25. The second-order valence-corrected chi connectivity index (χ2v) is 7.24. The zero-order valence-electron chi connectivity index (χ0n) is 10.4. The van der Waals surface area contributed by atoms with Crippen molar-refractivity contribution in [2.75, 3.05) is 26.2 Å². The molecule has 0 radical (unpaired) electrons. The highest BCUT2D eigenvalue weighted by Crippen LogP contribution is 2.28. The third-order valence-electron chi connectivity index (χ3n) is 3.78. The van der Waals surface area contributed by atoms with E-state index in [9.17, 15) is 8.42 Å². The fourth-order valence-electron chi connectivity index (χ4n) is 2.94. The van der Waals surface area contributed by atoms with Crippen LogP contribution in [0.15, 0.2) is 17.3 Å². The van der Waals surface area contributed by atoms with E-state index < -0.39 is 10.0 Å². The van der Waals surface area contributed by atoms with Crippen LogP contribution in [0.5, 0.6) is 0 Å². The number of aromatic nitrogens is 2. The average molecular weight is 270 g/mol. The number of sulfonamides is 1. The van der Waals surface area contributed by atoms with Gasteiger partial charge in [0.05, 0.1) is 6.20 Å². The molecule has 1 aromatic heterocycles. The van der Waals surface area contributed by atoms with Gasteiger partial charge in [-0.3, -0.25) is 4.68 Å². The number of hydrogen-bond donors (Lipinski definition) is 1. The molecule has 2 saturated heterocycles. The number of piperidine rings is 2. The minimum absolute atomic E-state index is 0.304. The summed E-state index contributed by atoms with van der Waals surface area (Å²) in [5.41, 5.74) is 0. The first kappa shape index (κ1) is 12.1. The molecule has 6 nitrogen and oxygen atoms in total. The molecular formula is C11H18N4O2S. The second-order valence-electron chi connectivity index (χ2n) is 5.30. The lowest BCUT2D eigenvalue weighted by Crippen LogP contribution is -2.52. The number of fused-ring (bicyclic) bond motifs is 2. The fourth-order valence-corrected chi connectivity index (χ4v) is 4.51. The van der Waals surface area contributed by atoms with Crippen molar-refractivity contribution in [2.24, 2.45) is 18.9 Å². The molecule has 1 N–H and O–H groups in total. The Morgan fingerprint density at radius 1 is 1.33 bits per heavy atom. The maximum atomic E-state index is 12.5. The zero-order valence-corrected chi connectivity index (χ0v) is 11.2. The Hall–Kier alpha value is -0.920. The van der Waals surface area contributed by atoms with Crippen molar-refractivity contribution in [3.63, 3.8) is 0 Å². The van der Waals surface area contributed by atoms with Crippen molar-refractivity contribution < 1.29 is 8.42 Å². The Morgan fingerprint density at radius 3 is 2.56 bits per heavy atom. The first-order chi connectivity index (χ1) is 8.55. The molecule has 1 aromatic rings. The van der Waals surface area contributed by atoms with E-state index in [2.05, 4.69) is 10.4 Å². The van der Waals surface area contributed by atoms with Gasteiger partial charge in [-0.1, -0.05) is 0 Å². The maximum Gasteiger partial charge on any atom is 0.246 e. The molecule has 0 spiro atoms. The van der Waals surface area contributed by atoms with Crippen LogP contribution in [0.4, 0.5) is 0 Å². The monoisotopic (exact) mass is 270 g/mol. The molecule has 2 atom stereocenters. The molecular weight excluding hydrogens is 252 g/mol. The van der Waals surface area contributed by atoms with Crippen LogP contribution in [0.1, 0.15) is 6.42 Å². The van der Waals surface area contributed by atoms with Gasteiger partial charge < -0.3 is 5.32 Å². The molecule has 0 unspecified atom stereocenters. The summed E-state index contributed by atoms with van der Waals surface area (Å²) in [5, 5.41) is 7.31. The van der Waals surface area contributed by atoms with E-state index in [1.807, 2.05) is 0 Å². The molecule has 0 amide bonds. The predicted molar refractivity (Wildman–Crippen MR) is 66.4 cm³/mol. The molecule has 0 aliphatic carbocycles. The number of rotatable bonds is 2. The van der Waals surface area contributed by atoms with Crippen LogP contribution < -0.4 is 5.32 Å². The van der Waals surface area contributed by atoms with Gasteiger partial charge in [-0.05, 0) is 31.3 Å². The van der Waals surface area contributed by atoms with Gasteiger partial charge in [-0.15, -0.1) is 0 Å². The standard InChI is InChI=1S/C11H18N4O2S/c1-14-8-11(5-13-14)18(16,17)15-6-9-2-10(7-15)4-12-3-9/h5,8-10,12H,2-4,6-7H2,1H3/t9-,10-/m1/s1. The van der Waals surface area contributed by atoms with Gasteiger partial charge in [0, 0.05) is 26.3 Å². The quantitative estimate of drug-likeness (QED) is 0.797. The number of hydrogen-bond acceptors (Lipinski definition) is 4. The number of nitrogens with one attached hydrogen (secondary N) is 1. The highest BCUT2D eigenvalue weighted by atomic mass is 32.2. The van der Waals surface area contributed by atoms with Crippen molar-refractivity contribution in [3.05, 3.63) is 12.4 Å². The van der Waals surface area contributed by atoms with Crippen LogP contribution in [0.2, 0.25) is 0 Å². The summed E-state index contributed by atoms with van der Waals surface area (Å²) >= 11 is 0. The van der Waals surface area contributed by atoms with Crippen LogP contribution in [0, 0.1) is 11.8 Å². The van der Waals surface area contributed by atoms with Crippen molar-refractivity contribution in [2.45, 2.75) is 11.3 Å². The van der Waals surface area contributed by atoms with Gasteiger partial charge in [-0.25, -0.2) is 8.42 Å².